The van der Waals surface area contributed by atoms with Crippen LogP contribution in [0.3, 0.4) is 0 Å². The molecule has 0 radical (unpaired) electrons. The largest absolute Gasteiger partial charge is 0.462 e. The van der Waals surface area contributed by atoms with E-state index >= 15 is 0 Å². The zero-order valence-electron chi connectivity index (χ0n) is 13.9. The van der Waals surface area contributed by atoms with Crippen molar-refractivity contribution in [2.24, 2.45) is 0 Å². The van der Waals surface area contributed by atoms with Crippen molar-refractivity contribution in [3.8, 4) is 0 Å². The van der Waals surface area contributed by atoms with Crippen molar-refractivity contribution in [1.29, 1.82) is 5.41 Å². The average Bonchev–Trinajstić information content (AvgIpc) is 2.58. The van der Waals surface area contributed by atoms with Gasteiger partial charge in [-0.05, 0) is 6.92 Å². The number of ether oxygens (including phenoxy) is 4. The molecule has 0 aromatic carbocycles. The Kier molecular flexibility index (Phi) is 12.1. The van der Waals surface area contributed by atoms with E-state index in [-0.39, 0.29) is 57.9 Å². The minimum absolute atomic E-state index is 0.0236. The fourth-order valence-corrected chi connectivity index (χ4v) is 1.35. The van der Waals surface area contributed by atoms with Crippen molar-refractivity contribution >= 4 is 35.9 Å². The highest BCUT2D eigenvalue weighted by Crippen LogP contribution is 1.98. The van der Waals surface area contributed by atoms with E-state index in [4.69, 9.17) is 19.6 Å². The van der Waals surface area contributed by atoms with Crippen LogP contribution in [0.15, 0.2) is 0 Å². The molecule has 10 nitrogen and oxygen atoms in total. The highest BCUT2D eigenvalue weighted by atomic mass is 16.6. The van der Waals surface area contributed by atoms with E-state index in [0.29, 0.717) is 6.21 Å². The minimum atomic E-state index is -0.846. The van der Waals surface area contributed by atoms with Gasteiger partial charge in [-0.25, -0.2) is 4.79 Å². The van der Waals surface area contributed by atoms with Crippen LogP contribution in [0.2, 0.25) is 0 Å². The lowest BCUT2D eigenvalue weighted by molar-refractivity contribution is -0.155. The van der Waals surface area contributed by atoms with E-state index in [9.17, 15) is 24.0 Å². The second-order valence-electron chi connectivity index (χ2n) is 4.68. The lowest BCUT2D eigenvalue weighted by Gasteiger charge is -2.07. The standard InChI is InChI=1S/C15H21NO9/c1-11(17)2-3-12(18)22-6-7-23-13(19)4-5-14(20)24-8-9-25-15(21)10-16/h10,16H,2-9H2,1H3. The molecule has 0 saturated carbocycles. The third-order valence-electron chi connectivity index (χ3n) is 2.53. The summed E-state index contributed by atoms with van der Waals surface area (Å²) in [5, 5.41) is 6.57. The minimum Gasteiger partial charge on any atom is -0.462 e. The predicted octanol–water partition coefficient (Wildman–Crippen LogP) is -0.0418. The molecule has 0 aliphatic rings. The van der Waals surface area contributed by atoms with E-state index in [1.54, 1.807) is 0 Å². The molecule has 0 saturated heterocycles. The van der Waals surface area contributed by atoms with Crippen LogP contribution < -0.4 is 0 Å². The predicted molar refractivity (Wildman–Crippen MR) is 81.8 cm³/mol. The van der Waals surface area contributed by atoms with Gasteiger partial charge in [-0.2, -0.15) is 0 Å². The molecular formula is C15H21NO9. The van der Waals surface area contributed by atoms with Crippen molar-refractivity contribution < 1.29 is 42.9 Å². The lowest BCUT2D eigenvalue weighted by atomic mass is 10.2. The van der Waals surface area contributed by atoms with Crippen LogP contribution >= 0.6 is 0 Å². The molecule has 0 atom stereocenters. The molecule has 0 unspecified atom stereocenters. The van der Waals surface area contributed by atoms with E-state index in [1.807, 2.05) is 0 Å². The molecule has 10 heteroatoms. The summed E-state index contributed by atoms with van der Waals surface area (Å²) in [5.41, 5.74) is 0. The number of ketones is 1. The molecule has 0 aliphatic heterocycles. The van der Waals surface area contributed by atoms with E-state index in [0.717, 1.165) is 0 Å². The molecule has 0 rings (SSSR count). The first-order chi connectivity index (χ1) is 11.8. The normalized spacial score (nSPS) is 9.64. The number of Topliss-reactive ketones (excluding diaryl/α,β-unsaturated/α-hetero) is 1. The molecule has 0 fully saturated rings. The number of hydrogen-bond acceptors (Lipinski definition) is 10. The van der Waals surface area contributed by atoms with Crippen molar-refractivity contribution in [2.75, 3.05) is 26.4 Å². The monoisotopic (exact) mass is 359 g/mol. The molecule has 0 aliphatic carbocycles. The molecule has 0 spiro atoms. The quantitative estimate of drug-likeness (QED) is 0.207. The van der Waals surface area contributed by atoms with Gasteiger partial charge in [0.25, 0.3) is 0 Å². The Hall–Kier alpha value is -2.78. The zero-order valence-corrected chi connectivity index (χ0v) is 13.9. The second-order valence-corrected chi connectivity index (χ2v) is 4.68. The van der Waals surface area contributed by atoms with Gasteiger partial charge in [-0.1, -0.05) is 0 Å². The zero-order chi connectivity index (χ0) is 19.1. The van der Waals surface area contributed by atoms with Crippen LogP contribution in [-0.4, -0.2) is 62.3 Å². The summed E-state index contributed by atoms with van der Waals surface area (Å²) in [4.78, 5) is 55.1. The van der Waals surface area contributed by atoms with Gasteiger partial charge >= 0.3 is 23.9 Å². The summed E-state index contributed by atoms with van der Waals surface area (Å²) < 4.78 is 18.7. The highest BCUT2D eigenvalue weighted by molar-refractivity contribution is 6.21. The molecule has 0 heterocycles. The maximum atomic E-state index is 11.4. The maximum Gasteiger partial charge on any atom is 0.348 e. The van der Waals surface area contributed by atoms with Gasteiger partial charge in [-0.15, -0.1) is 0 Å². The fraction of sp³-hybridized carbons (Fsp3) is 0.600. The van der Waals surface area contributed by atoms with Gasteiger partial charge in [0.2, 0.25) is 0 Å². The Morgan fingerprint density at radius 3 is 1.40 bits per heavy atom. The Balaban J connectivity index is 3.61. The molecule has 0 aromatic rings. The van der Waals surface area contributed by atoms with Crippen molar-refractivity contribution in [3.63, 3.8) is 0 Å². The molecule has 25 heavy (non-hydrogen) atoms. The van der Waals surface area contributed by atoms with Gasteiger partial charge in [0, 0.05) is 6.42 Å². The maximum absolute atomic E-state index is 11.4. The summed E-state index contributed by atoms with van der Waals surface area (Å²) in [6.45, 7) is 0.719. The van der Waals surface area contributed by atoms with Gasteiger partial charge in [0.1, 0.15) is 38.4 Å². The average molecular weight is 359 g/mol. The summed E-state index contributed by atoms with van der Waals surface area (Å²) in [7, 11) is 0. The van der Waals surface area contributed by atoms with Crippen LogP contribution in [0.1, 0.15) is 32.6 Å². The van der Waals surface area contributed by atoms with Crippen LogP contribution in [0.5, 0.6) is 0 Å². The lowest BCUT2D eigenvalue weighted by Crippen LogP contribution is -2.17. The fourth-order valence-electron chi connectivity index (χ4n) is 1.35. The first-order valence-corrected chi connectivity index (χ1v) is 7.48. The first-order valence-electron chi connectivity index (χ1n) is 7.48. The van der Waals surface area contributed by atoms with Crippen LogP contribution in [0.25, 0.3) is 0 Å². The number of carbonyl (C=O) groups is 5. The number of carbonyl (C=O) groups excluding carboxylic acids is 5. The van der Waals surface area contributed by atoms with Gasteiger partial charge in [0.15, 0.2) is 0 Å². The van der Waals surface area contributed by atoms with Crippen LogP contribution in [-0.2, 0) is 42.9 Å². The summed E-state index contributed by atoms with van der Waals surface area (Å²) >= 11 is 0. The van der Waals surface area contributed by atoms with Gasteiger partial charge < -0.3 is 29.2 Å². The van der Waals surface area contributed by atoms with Gasteiger partial charge in [-0.3, -0.25) is 14.4 Å². The van der Waals surface area contributed by atoms with Crippen molar-refractivity contribution in [2.45, 2.75) is 32.6 Å². The topological polar surface area (TPSA) is 146 Å². The number of esters is 4. The molecule has 0 amide bonds. The summed E-state index contributed by atoms with van der Waals surface area (Å²) in [6, 6.07) is 0. The smallest absolute Gasteiger partial charge is 0.348 e. The second kappa shape index (κ2) is 13.6. The molecule has 0 aromatic heterocycles. The van der Waals surface area contributed by atoms with Crippen molar-refractivity contribution in [3.05, 3.63) is 0 Å². The highest BCUT2D eigenvalue weighted by Gasteiger charge is 2.10. The molecular weight excluding hydrogens is 338 g/mol. The third kappa shape index (κ3) is 14.5. The Morgan fingerprint density at radius 2 is 1.04 bits per heavy atom. The Morgan fingerprint density at radius 1 is 0.680 bits per heavy atom. The van der Waals surface area contributed by atoms with E-state index in [1.165, 1.54) is 6.92 Å². The molecule has 1 N–H and O–H groups in total. The summed E-state index contributed by atoms with van der Waals surface area (Å²) in [5.74, 6) is -2.85. The van der Waals surface area contributed by atoms with Gasteiger partial charge in [0.05, 0.1) is 19.3 Å². The number of nitrogens with one attached hydrogen (secondary N) is 1. The van der Waals surface area contributed by atoms with E-state index < -0.39 is 23.9 Å². The van der Waals surface area contributed by atoms with Crippen LogP contribution in [0, 0.1) is 5.41 Å². The Labute approximate surface area is 144 Å². The van der Waals surface area contributed by atoms with E-state index in [2.05, 4.69) is 4.74 Å². The Bertz CT molecular complexity index is 501. The third-order valence-corrected chi connectivity index (χ3v) is 2.53. The van der Waals surface area contributed by atoms with Crippen LogP contribution in [0.4, 0.5) is 0 Å². The molecule has 0 bridgehead atoms. The number of rotatable bonds is 13. The number of hydrogen-bond donors (Lipinski definition) is 1. The SMILES string of the molecule is CC(=O)CCC(=O)OCCOC(=O)CCC(=O)OCCOC(=O)C=N. The molecule has 140 valence electrons. The first kappa shape index (κ1) is 22.2. The van der Waals surface area contributed by atoms with Crippen molar-refractivity contribution in [1.82, 2.24) is 0 Å². The summed E-state index contributed by atoms with van der Waals surface area (Å²) in [6.07, 6.45) is 0.136.